The first-order valence-electron chi connectivity index (χ1n) is 6.44. The number of alkyl halides is 3. The van der Waals surface area contributed by atoms with Crippen molar-refractivity contribution in [3.8, 4) is 0 Å². The van der Waals surface area contributed by atoms with Crippen LogP contribution in [0.25, 0.3) is 0 Å². The van der Waals surface area contributed by atoms with Crippen LogP contribution in [0.2, 0.25) is 0 Å². The van der Waals surface area contributed by atoms with Gasteiger partial charge in [-0.1, -0.05) is 12.1 Å². The largest absolute Gasteiger partial charge is 0.438 e. The van der Waals surface area contributed by atoms with Crippen molar-refractivity contribution in [3.05, 3.63) is 39.9 Å². The van der Waals surface area contributed by atoms with Crippen LogP contribution in [0.3, 0.4) is 0 Å². The molecule has 1 amide bonds. The zero-order valence-corrected chi connectivity index (χ0v) is 11.9. The number of halogens is 3. The number of aliphatic hydroxyl groups is 1. The number of nitro groups is 1. The number of non-ortho nitro benzene ring substituents is 1. The van der Waals surface area contributed by atoms with E-state index in [0.29, 0.717) is 0 Å². The van der Waals surface area contributed by atoms with Crippen molar-refractivity contribution in [2.24, 2.45) is 5.10 Å². The Balaban J connectivity index is 2.20. The van der Waals surface area contributed by atoms with E-state index in [0.717, 1.165) is 12.1 Å². The van der Waals surface area contributed by atoms with Crippen LogP contribution in [0.4, 0.5) is 18.9 Å². The fourth-order valence-corrected chi connectivity index (χ4v) is 2.19. The van der Waals surface area contributed by atoms with Gasteiger partial charge in [0.2, 0.25) is 5.91 Å². The predicted molar refractivity (Wildman–Crippen MR) is 72.4 cm³/mol. The second kappa shape index (κ2) is 5.61. The number of hydrogen-bond acceptors (Lipinski definition) is 5. The molecule has 1 atom stereocenters. The summed E-state index contributed by atoms with van der Waals surface area (Å²) in [4.78, 5) is 22.0. The van der Waals surface area contributed by atoms with Crippen molar-refractivity contribution in [2.45, 2.75) is 31.7 Å². The third kappa shape index (κ3) is 3.16. The van der Waals surface area contributed by atoms with Gasteiger partial charge in [-0.2, -0.15) is 23.3 Å². The standard InChI is InChI=1S/C13H12F3N3O4/c1-8-7-12(21,13(14,15)16)18(17-8)11(20)6-9-2-4-10(5-3-9)19(22)23/h2-5,21H,6-7H2,1H3/t12-/m1/s1. The molecule has 1 aromatic rings. The molecule has 0 fully saturated rings. The fraction of sp³-hybridized carbons (Fsp3) is 0.385. The molecule has 0 saturated carbocycles. The van der Waals surface area contributed by atoms with Crippen LogP contribution in [-0.4, -0.2) is 38.6 Å². The summed E-state index contributed by atoms with van der Waals surface area (Å²) in [5.74, 6) is -1.06. The summed E-state index contributed by atoms with van der Waals surface area (Å²) < 4.78 is 39.1. The number of nitrogens with zero attached hydrogens (tertiary/aromatic N) is 3. The van der Waals surface area contributed by atoms with Gasteiger partial charge in [0, 0.05) is 24.3 Å². The highest BCUT2D eigenvalue weighted by Crippen LogP contribution is 2.40. The lowest BCUT2D eigenvalue weighted by molar-refractivity contribution is -0.384. The summed E-state index contributed by atoms with van der Waals surface area (Å²) in [6.07, 6.45) is -6.35. The van der Waals surface area contributed by atoms with Crippen LogP contribution >= 0.6 is 0 Å². The molecule has 1 heterocycles. The van der Waals surface area contributed by atoms with E-state index in [1.54, 1.807) is 0 Å². The molecule has 1 aliphatic heterocycles. The zero-order valence-electron chi connectivity index (χ0n) is 11.9. The first kappa shape index (κ1) is 16.9. The Kier molecular flexibility index (Phi) is 4.12. The third-order valence-corrected chi connectivity index (χ3v) is 3.32. The van der Waals surface area contributed by atoms with Crippen LogP contribution in [-0.2, 0) is 11.2 Å². The minimum atomic E-state index is -5.06. The maximum absolute atomic E-state index is 13.0. The van der Waals surface area contributed by atoms with E-state index in [2.05, 4.69) is 5.10 Å². The lowest BCUT2D eigenvalue weighted by Gasteiger charge is -2.32. The Morgan fingerprint density at radius 2 is 2.00 bits per heavy atom. The summed E-state index contributed by atoms with van der Waals surface area (Å²) in [7, 11) is 0. The molecule has 0 spiro atoms. The number of hydrogen-bond donors (Lipinski definition) is 1. The van der Waals surface area contributed by atoms with E-state index in [9.17, 15) is 33.2 Å². The first-order chi connectivity index (χ1) is 10.5. The van der Waals surface area contributed by atoms with Gasteiger partial charge < -0.3 is 5.11 Å². The fourth-order valence-electron chi connectivity index (χ4n) is 2.19. The van der Waals surface area contributed by atoms with Crippen LogP contribution < -0.4 is 0 Å². The molecule has 0 aromatic heterocycles. The Hall–Kier alpha value is -2.49. The summed E-state index contributed by atoms with van der Waals surface area (Å²) >= 11 is 0. The summed E-state index contributed by atoms with van der Waals surface area (Å²) in [6.45, 7) is 1.27. The first-order valence-corrected chi connectivity index (χ1v) is 6.44. The van der Waals surface area contributed by atoms with Gasteiger partial charge in [0.15, 0.2) is 0 Å². The van der Waals surface area contributed by atoms with Gasteiger partial charge in [0.25, 0.3) is 11.4 Å². The molecule has 0 unspecified atom stereocenters. The van der Waals surface area contributed by atoms with Crippen LogP contribution in [0.1, 0.15) is 18.9 Å². The quantitative estimate of drug-likeness (QED) is 0.677. The third-order valence-electron chi connectivity index (χ3n) is 3.32. The normalized spacial score (nSPS) is 21.3. The van der Waals surface area contributed by atoms with Crippen molar-refractivity contribution in [2.75, 3.05) is 0 Å². The minimum Gasteiger partial charge on any atom is -0.362 e. The molecule has 7 nitrogen and oxygen atoms in total. The SMILES string of the molecule is CC1=NN(C(=O)Cc2ccc([N+](=O)[O-])cc2)[C@](O)(C(F)(F)F)C1. The smallest absolute Gasteiger partial charge is 0.362 e. The molecule has 10 heteroatoms. The van der Waals surface area contributed by atoms with Gasteiger partial charge in [0.1, 0.15) is 0 Å². The van der Waals surface area contributed by atoms with E-state index >= 15 is 0 Å². The average molecular weight is 331 g/mol. The molecular weight excluding hydrogens is 319 g/mol. The molecule has 0 saturated heterocycles. The predicted octanol–water partition coefficient (Wildman–Crippen LogP) is 2.00. The second-order valence-corrected chi connectivity index (χ2v) is 5.13. The Labute approximate surface area is 128 Å². The van der Waals surface area contributed by atoms with Gasteiger partial charge in [-0.25, -0.2) is 0 Å². The van der Waals surface area contributed by atoms with Crippen molar-refractivity contribution < 1.29 is 28.0 Å². The molecular formula is C13H12F3N3O4. The van der Waals surface area contributed by atoms with E-state index in [1.807, 2.05) is 0 Å². The highest BCUT2D eigenvalue weighted by molar-refractivity contribution is 5.89. The molecule has 23 heavy (non-hydrogen) atoms. The molecule has 0 aliphatic carbocycles. The summed E-state index contributed by atoms with van der Waals surface area (Å²) in [5.41, 5.74) is -3.33. The Morgan fingerprint density at radius 1 is 1.43 bits per heavy atom. The molecule has 1 aromatic carbocycles. The lowest BCUT2D eigenvalue weighted by Crippen LogP contribution is -2.57. The molecule has 2 rings (SSSR count). The molecule has 1 aliphatic rings. The molecule has 124 valence electrons. The highest BCUT2D eigenvalue weighted by Gasteiger charge is 2.62. The number of carbonyl (C=O) groups is 1. The summed E-state index contributed by atoms with van der Waals surface area (Å²) in [5, 5.41) is 23.8. The van der Waals surface area contributed by atoms with E-state index in [4.69, 9.17) is 0 Å². The molecule has 0 radical (unpaired) electrons. The number of carbonyl (C=O) groups excluding carboxylic acids is 1. The van der Waals surface area contributed by atoms with E-state index in [-0.39, 0.29) is 22.0 Å². The zero-order chi connectivity index (χ0) is 17.4. The minimum absolute atomic E-state index is 0.0260. The van der Waals surface area contributed by atoms with Crippen molar-refractivity contribution in [3.63, 3.8) is 0 Å². The number of amides is 1. The van der Waals surface area contributed by atoms with Crippen molar-refractivity contribution in [1.82, 2.24) is 5.01 Å². The lowest BCUT2D eigenvalue weighted by atomic mass is 10.1. The van der Waals surface area contributed by atoms with Gasteiger partial charge in [-0.15, -0.1) is 0 Å². The number of hydrazone groups is 1. The highest BCUT2D eigenvalue weighted by atomic mass is 19.4. The Bertz CT molecular complexity index is 672. The topological polar surface area (TPSA) is 96.0 Å². The number of benzene rings is 1. The van der Waals surface area contributed by atoms with Crippen LogP contribution in [0.15, 0.2) is 29.4 Å². The number of nitro benzene ring substituents is 1. The Morgan fingerprint density at radius 3 is 2.48 bits per heavy atom. The number of rotatable bonds is 3. The van der Waals surface area contributed by atoms with Crippen LogP contribution in [0.5, 0.6) is 0 Å². The monoisotopic (exact) mass is 331 g/mol. The van der Waals surface area contributed by atoms with Gasteiger partial charge >= 0.3 is 6.18 Å². The van der Waals surface area contributed by atoms with Gasteiger partial charge in [-0.3, -0.25) is 14.9 Å². The summed E-state index contributed by atoms with van der Waals surface area (Å²) in [6, 6.07) is 4.79. The van der Waals surface area contributed by atoms with E-state index in [1.165, 1.54) is 19.1 Å². The van der Waals surface area contributed by atoms with Gasteiger partial charge in [0.05, 0.1) is 11.3 Å². The van der Waals surface area contributed by atoms with Crippen molar-refractivity contribution >= 4 is 17.3 Å². The van der Waals surface area contributed by atoms with Gasteiger partial charge in [-0.05, 0) is 12.5 Å². The van der Waals surface area contributed by atoms with Crippen LogP contribution in [0, 0.1) is 10.1 Å². The van der Waals surface area contributed by atoms with Crippen molar-refractivity contribution in [1.29, 1.82) is 0 Å². The maximum Gasteiger partial charge on any atom is 0.438 e. The molecule has 0 bridgehead atoms. The maximum atomic E-state index is 13.0. The van der Waals surface area contributed by atoms with E-state index < -0.39 is 35.6 Å². The molecule has 1 N–H and O–H groups in total. The average Bonchev–Trinajstić information content (AvgIpc) is 2.75. The second-order valence-electron chi connectivity index (χ2n) is 5.13.